The van der Waals surface area contributed by atoms with Crippen LogP contribution in [0.1, 0.15) is 23.7 Å². The third-order valence-electron chi connectivity index (χ3n) is 3.73. The Morgan fingerprint density at radius 2 is 2.29 bits per heavy atom. The zero-order valence-electron chi connectivity index (χ0n) is 11.2. The standard InChI is InChI=1S/C15H12FNO4/c1-21-15(20)12-4-8(7-18)10-5-9(16)6-11-13(19)2-3-17(12)14(10)11/h4-6,13,19H,2-3H2,1H3. The molecular weight excluding hydrogens is 277 g/mol. The van der Waals surface area contributed by atoms with Crippen LogP contribution >= 0.6 is 0 Å². The molecule has 108 valence electrons. The number of allylic oxidation sites excluding steroid dienone is 2. The number of carbonyl (C=O) groups excluding carboxylic acids is 2. The van der Waals surface area contributed by atoms with Gasteiger partial charge in [0.25, 0.3) is 0 Å². The molecule has 0 amide bonds. The van der Waals surface area contributed by atoms with E-state index in [1.807, 2.05) is 0 Å². The number of ether oxygens (including phenoxy) is 1. The van der Waals surface area contributed by atoms with Crippen molar-refractivity contribution in [2.45, 2.75) is 12.5 Å². The van der Waals surface area contributed by atoms with E-state index in [0.29, 0.717) is 29.8 Å². The average Bonchev–Trinajstić information content (AvgIpc) is 2.49. The van der Waals surface area contributed by atoms with Gasteiger partial charge < -0.3 is 14.7 Å². The summed E-state index contributed by atoms with van der Waals surface area (Å²) in [7, 11) is 1.24. The number of hydrogen-bond acceptors (Lipinski definition) is 5. The van der Waals surface area contributed by atoms with Gasteiger partial charge in [-0.2, -0.15) is 0 Å². The lowest BCUT2D eigenvalue weighted by atomic mass is 9.88. The van der Waals surface area contributed by atoms with Gasteiger partial charge in [0, 0.05) is 17.7 Å². The molecule has 1 aromatic rings. The first-order valence-corrected chi connectivity index (χ1v) is 6.41. The largest absolute Gasteiger partial charge is 0.464 e. The van der Waals surface area contributed by atoms with Crippen molar-refractivity contribution in [2.24, 2.45) is 0 Å². The van der Waals surface area contributed by atoms with E-state index in [1.165, 1.54) is 25.3 Å². The van der Waals surface area contributed by atoms with E-state index in [2.05, 4.69) is 0 Å². The fourth-order valence-corrected chi connectivity index (χ4v) is 2.79. The molecule has 2 aliphatic rings. The lowest BCUT2D eigenvalue weighted by Gasteiger charge is -2.38. The van der Waals surface area contributed by atoms with Gasteiger partial charge in [-0.05, 0) is 24.6 Å². The van der Waals surface area contributed by atoms with Crippen molar-refractivity contribution in [1.82, 2.24) is 0 Å². The minimum atomic E-state index is -0.837. The minimum Gasteiger partial charge on any atom is -0.464 e. The van der Waals surface area contributed by atoms with Crippen LogP contribution in [0.15, 0.2) is 23.9 Å². The summed E-state index contributed by atoms with van der Waals surface area (Å²) in [5.74, 6) is 0.569. The topological polar surface area (TPSA) is 66.8 Å². The maximum Gasteiger partial charge on any atom is 0.354 e. The first-order valence-electron chi connectivity index (χ1n) is 6.41. The molecule has 2 heterocycles. The first-order chi connectivity index (χ1) is 10.1. The Bertz CT molecular complexity index is 719. The number of aliphatic hydroxyl groups is 1. The number of methoxy groups -OCH3 is 1. The van der Waals surface area contributed by atoms with E-state index >= 15 is 0 Å². The van der Waals surface area contributed by atoms with Gasteiger partial charge in [0.15, 0.2) is 0 Å². The molecule has 1 unspecified atom stereocenters. The number of benzene rings is 1. The lowest BCUT2D eigenvalue weighted by molar-refractivity contribution is -0.136. The fraction of sp³-hybridized carbons (Fsp3) is 0.267. The van der Waals surface area contributed by atoms with Crippen LogP contribution in [-0.2, 0) is 14.3 Å². The highest BCUT2D eigenvalue weighted by Gasteiger charge is 2.35. The lowest BCUT2D eigenvalue weighted by Crippen LogP contribution is -2.37. The van der Waals surface area contributed by atoms with Crippen LogP contribution in [0.2, 0.25) is 0 Å². The number of hydrogen-bond donors (Lipinski definition) is 1. The van der Waals surface area contributed by atoms with Crippen molar-refractivity contribution >= 4 is 23.2 Å². The molecule has 0 saturated carbocycles. The number of carbonyl (C=O) groups is 1. The predicted molar refractivity (Wildman–Crippen MR) is 72.5 cm³/mol. The SMILES string of the molecule is COC(=O)C1=CC(=C=O)c2cc(F)cc3c2N1CCC3O. The molecule has 0 radical (unpaired) electrons. The van der Waals surface area contributed by atoms with Crippen LogP contribution in [0, 0.1) is 5.82 Å². The zero-order chi connectivity index (χ0) is 15.1. The Morgan fingerprint density at radius 1 is 1.52 bits per heavy atom. The molecule has 21 heavy (non-hydrogen) atoms. The molecule has 0 aromatic heterocycles. The Morgan fingerprint density at radius 3 is 2.95 bits per heavy atom. The number of aliphatic hydroxyl groups excluding tert-OH is 1. The van der Waals surface area contributed by atoms with Crippen LogP contribution in [0.5, 0.6) is 0 Å². The van der Waals surface area contributed by atoms with Gasteiger partial charge >= 0.3 is 5.97 Å². The van der Waals surface area contributed by atoms with Crippen LogP contribution in [0.4, 0.5) is 10.1 Å². The summed E-state index contributed by atoms with van der Waals surface area (Å²) in [5.41, 5.74) is 1.40. The molecule has 1 aromatic carbocycles. The molecule has 3 rings (SSSR count). The van der Waals surface area contributed by atoms with Crippen LogP contribution in [0.3, 0.4) is 0 Å². The second kappa shape index (κ2) is 4.84. The van der Waals surface area contributed by atoms with Crippen LogP contribution in [0.25, 0.3) is 5.57 Å². The summed E-state index contributed by atoms with van der Waals surface area (Å²) in [5, 5.41) is 10.1. The van der Waals surface area contributed by atoms with Crippen molar-refractivity contribution in [1.29, 1.82) is 0 Å². The molecule has 5 nitrogen and oxygen atoms in total. The van der Waals surface area contributed by atoms with Gasteiger partial charge in [-0.15, -0.1) is 0 Å². The molecular formula is C15H12FNO4. The minimum absolute atomic E-state index is 0.0662. The van der Waals surface area contributed by atoms with Gasteiger partial charge in [0.1, 0.15) is 17.5 Å². The molecule has 0 bridgehead atoms. The van der Waals surface area contributed by atoms with Gasteiger partial charge in [-0.1, -0.05) is 0 Å². The molecule has 1 N–H and O–H groups in total. The van der Waals surface area contributed by atoms with E-state index in [0.717, 1.165) is 0 Å². The Labute approximate surface area is 119 Å². The van der Waals surface area contributed by atoms with E-state index in [9.17, 15) is 19.1 Å². The number of nitrogens with zero attached hydrogens (tertiary/aromatic N) is 1. The van der Waals surface area contributed by atoms with Crippen LogP contribution < -0.4 is 4.90 Å². The maximum atomic E-state index is 13.7. The molecule has 1 atom stereocenters. The number of esters is 1. The van der Waals surface area contributed by atoms with Gasteiger partial charge in [-0.3, -0.25) is 0 Å². The van der Waals surface area contributed by atoms with Gasteiger partial charge in [-0.25, -0.2) is 14.0 Å². The Balaban J connectivity index is 2.30. The van der Waals surface area contributed by atoms with Crippen molar-refractivity contribution in [3.8, 4) is 0 Å². The highest BCUT2D eigenvalue weighted by atomic mass is 19.1. The Kier molecular flexibility index (Phi) is 3.12. The zero-order valence-corrected chi connectivity index (χ0v) is 11.2. The summed E-state index contributed by atoms with van der Waals surface area (Å²) in [6.45, 7) is 0.375. The van der Waals surface area contributed by atoms with E-state index in [1.54, 1.807) is 10.8 Å². The third-order valence-corrected chi connectivity index (χ3v) is 3.73. The molecule has 0 fully saturated rings. The Hall–Kier alpha value is -2.43. The van der Waals surface area contributed by atoms with Crippen LogP contribution in [-0.4, -0.2) is 30.7 Å². The first kappa shape index (κ1) is 13.5. The molecule has 0 aliphatic carbocycles. The quantitative estimate of drug-likeness (QED) is 0.624. The average molecular weight is 289 g/mol. The summed E-state index contributed by atoms with van der Waals surface area (Å²) in [6, 6.07) is 2.42. The molecule has 0 saturated heterocycles. The van der Waals surface area contributed by atoms with Gasteiger partial charge in [0.2, 0.25) is 0 Å². The van der Waals surface area contributed by atoms with Crippen molar-refractivity contribution in [3.05, 3.63) is 40.8 Å². The fourth-order valence-electron chi connectivity index (χ4n) is 2.79. The smallest absolute Gasteiger partial charge is 0.354 e. The maximum absolute atomic E-state index is 13.7. The highest BCUT2D eigenvalue weighted by Crippen LogP contribution is 2.44. The molecule has 6 heteroatoms. The summed E-state index contributed by atoms with van der Waals surface area (Å²) in [4.78, 5) is 24.7. The van der Waals surface area contributed by atoms with Crippen molar-refractivity contribution in [3.63, 3.8) is 0 Å². The summed E-state index contributed by atoms with van der Waals surface area (Å²) >= 11 is 0. The number of rotatable bonds is 1. The molecule has 2 aliphatic heterocycles. The van der Waals surface area contributed by atoms with E-state index < -0.39 is 17.9 Å². The number of anilines is 1. The normalized spacial score (nSPS) is 19.6. The second-order valence-corrected chi connectivity index (χ2v) is 4.88. The monoisotopic (exact) mass is 289 g/mol. The predicted octanol–water partition coefficient (Wildman–Crippen LogP) is 1.35. The van der Waals surface area contributed by atoms with Crippen molar-refractivity contribution < 1.29 is 23.8 Å². The van der Waals surface area contributed by atoms with E-state index in [4.69, 9.17) is 4.74 Å². The van der Waals surface area contributed by atoms with Crippen molar-refractivity contribution in [2.75, 3.05) is 18.6 Å². The van der Waals surface area contributed by atoms with E-state index in [-0.39, 0.29) is 11.3 Å². The van der Waals surface area contributed by atoms with Gasteiger partial charge in [0.05, 0.1) is 24.5 Å². The number of halogens is 1. The third kappa shape index (κ3) is 1.96. The summed E-state index contributed by atoms with van der Waals surface area (Å²) < 4.78 is 18.4. The molecule has 0 spiro atoms. The second-order valence-electron chi connectivity index (χ2n) is 4.88. The highest BCUT2D eigenvalue weighted by molar-refractivity contribution is 6.07. The summed E-state index contributed by atoms with van der Waals surface area (Å²) in [6.07, 6.45) is 0.850.